The molecule has 5 nitrogen and oxygen atoms in total. The summed E-state index contributed by atoms with van der Waals surface area (Å²) in [6.07, 6.45) is 6.48. The molecular weight excluding hydrogens is 326 g/mol. The molecular formula is C18H18F2N4O. The number of hydrogen-bond donors (Lipinski definition) is 0. The molecule has 0 N–H and O–H groups in total. The van der Waals surface area contributed by atoms with E-state index in [0.717, 1.165) is 11.5 Å². The van der Waals surface area contributed by atoms with E-state index in [1.807, 2.05) is 17.6 Å². The number of hydrogen-bond acceptors (Lipinski definition) is 3. The molecule has 7 heteroatoms. The summed E-state index contributed by atoms with van der Waals surface area (Å²) in [6, 6.07) is 4.99. The smallest absolute Gasteiger partial charge is 0.199 e. The van der Waals surface area contributed by atoms with Crippen molar-refractivity contribution in [3.63, 3.8) is 0 Å². The Labute approximate surface area is 143 Å². The van der Waals surface area contributed by atoms with E-state index in [1.165, 1.54) is 6.07 Å². The minimum atomic E-state index is -1.27. The van der Waals surface area contributed by atoms with Crippen LogP contribution in [0, 0.1) is 12.7 Å². The summed E-state index contributed by atoms with van der Waals surface area (Å²) < 4.78 is 36.6. The fourth-order valence-electron chi connectivity index (χ4n) is 3.23. The molecule has 3 aromatic rings. The van der Waals surface area contributed by atoms with E-state index in [-0.39, 0.29) is 18.2 Å². The third-order valence-electron chi connectivity index (χ3n) is 4.47. The molecule has 1 fully saturated rings. The van der Waals surface area contributed by atoms with Gasteiger partial charge in [-0.15, -0.1) is 0 Å². The average Bonchev–Trinajstić information content (AvgIpc) is 3.24. The molecule has 2 aromatic heterocycles. The number of ether oxygens (including phenoxy) is 1. The van der Waals surface area contributed by atoms with E-state index < -0.39 is 6.36 Å². The van der Waals surface area contributed by atoms with Crippen LogP contribution in [0.3, 0.4) is 0 Å². The quantitative estimate of drug-likeness (QED) is 0.728. The molecule has 1 aliphatic rings. The Kier molecular flexibility index (Phi) is 4.09. The van der Waals surface area contributed by atoms with Gasteiger partial charge in [0.15, 0.2) is 6.36 Å². The van der Waals surface area contributed by atoms with E-state index >= 15 is 0 Å². The number of alkyl halides is 1. The molecule has 1 aliphatic heterocycles. The van der Waals surface area contributed by atoms with E-state index in [1.54, 1.807) is 35.6 Å². The van der Waals surface area contributed by atoms with Crippen molar-refractivity contribution in [3.8, 4) is 11.4 Å². The SMILES string of the molecule is Cc1cn(-c2ccc(-n3ccnc3C3CCOC(F)C3)cc2F)cn1. The van der Waals surface area contributed by atoms with Gasteiger partial charge in [-0.2, -0.15) is 0 Å². The number of benzene rings is 1. The van der Waals surface area contributed by atoms with Crippen LogP contribution in [0.25, 0.3) is 11.4 Å². The van der Waals surface area contributed by atoms with Crippen LogP contribution < -0.4 is 0 Å². The topological polar surface area (TPSA) is 44.9 Å². The Morgan fingerprint density at radius 2 is 2.16 bits per heavy atom. The largest absolute Gasteiger partial charge is 0.348 e. The molecule has 0 aliphatic carbocycles. The summed E-state index contributed by atoms with van der Waals surface area (Å²) in [5, 5.41) is 0. The maximum atomic E-state index is 14.6. The number of imidazole rings is 2. The molecule has 0 radical (unpaired) electrons. The van der Waals surface area contributed by atoms with E-state index in [2.05, 4.69) is 9.97 Å². The van der Waals surface area contributed by atoms with Gasteiger partial charge in [0.1, 0.15) is 11.6 Å². The number of halogens is 2. The first-order valence-corrected chi connectivity index (χ1v) is 8.21. The minimum Gasteiger partial charge on any atom is -0.348 e. The zero-order valence-electron chi connectivity index (χ0n) is 13.8. The zero-order chi connectivity index (χ0) is 17.4. The first-order chi connectivity index (χ1) is 12.1. The van der Waals surface area contributed by atoms with Crippen LogP contribution in [0.15, 0.2) is 43.1 Å². The monoisotopic (exact) mass is 344 g/mol. The second kappa shape index (κ2) is 6.40. The average molecular weight is 344 g/mol. The molecule has 1 aromatic carbocycles. The highest BCUT2D eigenvalue weighted by atomic mass is 19.1. The van der Waals surface area contributed by atoms with E-state index in [4.69, 9.17) is 4.74 Å². The van der Waals surface area contributed by atoms with Crippen molar-refractivity contribution in [1.29, 1.82) is 0 Å². The van der Waals surface area contributed by atoms with Crippen LogP contribution >= 0.6 is 0 Å². The van der Waals surface area contributed by atoms with Crippen molar-refractivity contribution < 1.29 is 13.5 Å². The van der Waals surface area contributed by atoms with Crippen molar-refractivity contribution in [2.24, 2.45) is 0 Å². The molecule has 3 heterocycles. The van der Waals surface area contributed by atoms with Crippen LogP contribution in [0.1, 0.15) is 30.3 Å². The summed E-state index contributed by atoms with van der Waals surface area (Å²) in [5.41, 5.74) is 1.91. The molecule has 0 spiro atoms. The second-order valence-corrected chi connectivity index (χ2v) is 6.22. The number of aromatic nitrogens is 4. The van der Waals surface area contributed by atoms with Crippen molar-refractivity contribution in [2.75, 3.05) is 6.61 Å². The van der Waals surface area contributed by atoms with Gasteiger partial charge in [0.25, 0.3) is 0 Å². The predicted molar refractivity (Wildman–Crippen MR) is 88.2 cm³/mol. The molecule has 1 saturated heterocycles. The standard InChI is InChI=1S/C18H18F2N4O/c1-12-10-23(11-22-12)16-3-2-14(9-15(16)19)24-6-5-21-18(24)13-4-7-25-17(20)8-13/h2-3,5-6,9-11,13,17H,4,7-8H2,1H3. The van der Waals surface area contributed by atoms with Crippen LogP contribution in [0.2, 0.25) is 0 Å². The van der Waals surface area contributed by atoms with E-state index in [9.17, 15) is 8.78 Å². The normalized spacial score (nSPS) is 20.8. The van der Waals surface area contributed by atoms with Gasteiger partial charge in [0, 0.05) is 42.7 Å². The third kappa shape index (κ3) is 3.07. The lowest BCUT2D eigenvalue weighted by Crippen LogP contribution is -2.23. The predicted octanol–water partition coefficient (Wildman–Crippen LogP) is 3.70. The molecule has 2 atom stereocenters. The van der Waals surface area contributed by atoms with Crippen molar-refractivity contribution in [1.82, 2.24) is 19.1 Å². The summed E-state index contributed by atoms with van der Waals surface area (Å²) in [6.45, 7) is 2.22. The molecule has 130 valence electrons. The Bertz CT molecular complexity index is 889. The second-order valence-electron chi connectivity index (χ2n) is 6.22. The molecule has 2 unspecified atom stereocenters. The highest BCUT2D eigenvalue weighted by molar-refractivity contribution is 5.44. The highest BCUT2D eigenvalue weighted by Gasteiger charge is 2.27. The van der Waals surface area contributed by atoms with Gasteiger partial charge in [-0.25, -0.2) is 18.7 Å². The minimum absolute atomic E-state index is 0.0437. The van der Waals surface area contributed by atoms with Crippen LogP contribution in [0.4, 0.5) is 8.78 Å². The van der Waals surface area contributed by atoms with Gasteiger partial charge < -0.3 is 13.9 Å². The fourth-order valence-corrected chi connectivity index (χ4v) is 3.23. The van der Waals surface area contributed by atoms with Gasteiger partial charge in [-0.05, 0) is 25.5 Å². The maximum Gasteiger partial charge on any atom is 0.199 e. The van der Waals surface area contributed by atoms with Crippen LogP contribution in [0.5, 0.6) is 0 Å². The molecule has 4 rings (SSSR count). The zero-order valence-corrected chi connectivity index (χ0v) is 13.8. The lowest BCUT2D eigenvalue weighted by molar-refractivity contribution is -0.0759. The molecule has 0 saturated carbocycles. The third-order valence-corrected chi connectivity index (χ3v) is 4.47. The first kappa shape index (κ1) is 16.0. The molecule has 0 bridgehead atoms. The highest BCUT2D eigenvalue weighted by Crippen LogP contribution is 2.31. The van der Waals surface area contributed by atoms with Gasteiger partial charge >= 0.3 is 0 Å². The molecule has 0 amide bonds. The summed E-state index contributed by atoms with van der Waals surface area (Å²) >= 11 is 0. The van der Waals surface area contributed by atoms with Crippen LogP contribution in [-0.4, -0.2) is 32.1 Å². The Morgan fingerprint density at radius 1 is 1.28 bits per heavy atom. The number of aryl methyl sites for hydroxylation is 1. The van der Waals surface area contributed by atoms with Gasteiger partial charge in [-0.3, -0.25) is 0 Å². The summed E-state index contributed by atoms with van der Waals surface area (Å²) in [5.74, 6) is 0.333. The Hall–Kier alpha value is -2.54. The van der Waals surface area contributed by atoms with Crippen molar-refractivity contribution in [2.45, 2.75) is 32.0 Å². The van der Waals surface area contributed by atoms with Crippen molar-refractivity contribution >= 4 is 0 Å². The first-order valence-electron chi connectivity index (χ1n) is 8.21. The Balaban J connectivity index is 1.67. The van der Waals surface area contributed by atoms with Gasteiger partial charge in [0.2, 0.25) is 0 Å². The van der Waals surface area contributed by atoms with Crippen molar-refractivity contribution in [3.05, 3.63) is 60.5 Å². The lowest BCUT2D eigenvalue weighted by atomic mass is 9.98. The fraction of sp³-hybridized carbons (Fsp3) is 0.333. The van der Waals surface area contributed by atoms with Gasteiger partial charge in [0.05, 0.1) is 24.3 Å². The molecule has 25 heavy (non-hydrogen) atoms. The maximum absolute atomic E-state index is 14.6. The number of nitrogens with zero attached hydrogens (tertiary/aromatic N) is 4. The van der Waals surface area contributed by atoms with Gasteiger partial charge in [-0.1, -0.05) is 0 Å². The summed E-state index contributed by atoms with van der Waals surface area (Å²) in [4.78, 5) is 8.49. The van der Waals surface area contributed by atoms with E-state index in [0.29, 0.717) is 24.4 Å². The summed E-state index contributed by atoms with van der Waals surface area (Å²) in [7, 11) is 0. The number of rotatable bonds is 3. The Morgan fingerprint density at radius 3 is 2.88 bits per heavy atom. The lowest BCUT2D eigenvalue weighted by Gasteiger charge is -2.25. The van der Waals surface area contributed by atoms with Crippen LogP contribution in [-0.2, 0) is 4.74 Å².